The molecule has 0 atom stereocenters. The summed E-state index contributed by atoms with van der Waals surface area (Å²) < 4.78 is 13.9. The van der Waals surface area contributed by atoms with Crippen LogP contribution in [0.2, 0.25) is 0 Å². The lowest BCUT2D eigenvalue weighted by Crippen LogP contribution is -2.53. The number of halogens is 2. The zero-order chi connectivity index (χ0) is 12.6. The molecule has 1 aromatic heterocycles. The number of nitrogens with zero attached hydrogens (tertiary/aromatic N) is 1. The standard InChI is InChI=1S/C10H10BrFN2O3/c11-7-2-1-6(8(12)14-7)10(17)3-5(4-10)13-9(15)16/h1-2,5,13,17H,3-4H2,(H,15,16). The Balaban J connectivity index is 2.11. The molecule has 1 amide bonds. The molecule has 0 spiro atoms. The van der Waals surface area contributed by atoms with E-state index in [-0.39, 0.29) is 24.4 Å². The van der Waals surface area contributed by atoms with Crippen LogP contribution in [-0.2, 0) is 5.60 Å². The van der Waals surface area contributed by atoms with Gasteiger partial charge < -0.3 is 15.5 Å². The molecule has 1 aliphatic rings. The zero-order valence-corrected chi connectivity index (χ0v) is 10.2. The fourth-order valence-corrected chi connectivity index (χ4v) is 2.30. The number of hydrogen-bond acceptors (Lipinski definition) is 3. The third kappa shape index (κ3) is 2.39. The van der Waals surface area contributed by atoms with E-state index in [0.29, 0.717) is 4.60 Å². The molecular formula is C10H10BrFN2O3. The summed E-state index contributed by atoms with van der Waals surface area (Å²) in [5.41, 5.74) is -1.23. The third-order valence-electron chi connectivity index (χ3n) is 2.81. The van der Waals surface area contributed by atoms with Crippen LogP contribution in [0.1, 0.15) is 18.4 Å². The highest BCUT2D eigenvalue weighted by atomic mass is 79.9. The smallest absolute Gasteiger partial charge is 0.404 e. The first-order valence-electron chi connectivity index (χ1n) is 4.95. The van der Waals surface area contributed by atoms with Gasteiger partial charge in [-0.1, -0.05) is 0 Å². The number of pyridine rings is 1. The number of amides is 1. The molecule has 3 N–H and O–H groups in total. The molecule has 0 aromatic carbocycles. The maximum Gasteiger partial charge on any atom is 0.404 e. The Morgan fingerprint density at radius 3 is 2.76 bits per heavy atom. The van der Waals surface area contributed by atoms with Crippen LogP contribution in [0, 0.1) is 5.95 Å². The van der Waals surface area contributed by atoms with Gasteiger partial charge in [0.2, 0.25) is 5.95 Å². The molecule has 0 saturated heterocycles. The van der Waals surface area contributed by atoms with Crippen LogP contribution in [0.3, 0.4) is 0 Å². The van der Waals surface area contributed by atoms with Crippen molar-refractivity contribution in [3.8, 4) is 0 Å². The van der Waals surface area contributed by atoms with E-state index in [1.807, 2.05) is 0 Å². The molecule has 0 aliphatic heterocycles. The normalized spacial score (nSPS) is 27.4. The van der Waals surface area contributed by atoms with E-state index in [1.54, 1.807) is 0 Å². The van der Waals surface area contributed by atoms with Gasteiger partial charge in [-0.15, -0.1) is 0 Å². The Morgan fingerprint density at radius 2 is 2.24 bits per heavy atom. The highest BCUT2D eigenvalue weighted by Crippen LogP contribution is 2.42. The molecule has 5 nitrogen and oxygen atoms in total. The first-order chi connectivity index (χ1) is 7.90. The van der Waals surface area contributed by atoms with Crippen molar-refractivity contribution in [2.45, 2.75) is 24.5 Å². The van der Waals surface area contributed by atoms with Gasteiger partial charge in [0.25, 0.3) is 0 Å². The van der Waals surface area contributed by atoms with Gasteiger partial charge in [-0.3, -0.25) is 0 Å². The van der Waals surface area contributed by atoms with Crippen LogP contribution in [0.25, 0.3) is 0 Å². The topological polar surface area (TPSA) is 82.5 Å². The van der Waals surface area contributed by atoms with E-state index >= 15 is 0 Å². The Bertz CT molecular complexity index is 463. The number of rotatable bonds is 2. The van der Waals surface area contributed by atoms with Crippen molar-refractivity contribution in [3.05, 3.63) is 28.2 Å². The lowest BCUT2D eigenvalue weighted by molar-refractivity contribution is -0.0629. The average molecular weight is 305 g/mol. The second kappa shape index (κ2) is 4.23. The van der Waals surface area contributed by atoms with Crippen molar-refractivity contribution >= 4 is 22.0 Å². The summed E-state index contributed by atoms with van der Waals surface area (Å²) in [6.07, 6.45) is -0.842. The molecular weight excluding hydrogens is 295 g/mol. The molecule has 0 bridgehead atoms. The average Bonchev–Trinajstić information content (AvgIpc) is 2.13. The van der Waals surface area contributed by atoms with Crippen LogP contribution in [0.4, 0.5) is 9.18 Å². The first kappa shape index (κ1) is 12.3. The highest BCUT2D eigenvalue weighted by molar-refractivity contribution is 9.10. The van der Waals surface area contributed by atoms with E-state index in [4.69, 9.17) is 5.11 Å². The van der Waals surface area contributed by atoms with Gasteiger partial charge in [-0.25, -0.2) is 9.78 Å². The van der Waals surface area contributed by atoms with Gasteiger partial charge in [0.15, 0.2) is 0 Å². The van der Waals surface area contributed by atoms with Crippen LogP contribution < -0.4 is 5.32 Å². The highest BCUT2D eigenvalue weighted by Gasteiger charge is 2.46. The lowest BCUT2D eigenvalue weighted by Gasteiger charge is -2.43. The van der Waals surface area contributed by atoms with Gasteiger partial charge >= 0.3 is 6.09 Å². The summed E-state index contributed by atoms with van der Waals surface area (Å²) in [6, 6.07) is 2.64. The number of hydrogen-bond donors (Lipinski definition) is 3. The van der Waals surface area contributed by atoms with E-state index in [0.717, 1.165) is 0 Å². The Labute approximate surface area is 105 Å². The maximum absolute atomic E-state index is 13.5. The van der Waals surface area contributed by atoms with Crippen molar-refractivity contribution in [2.24, 2.45) is 0 Å². The summed E-state index contributed by atoms with van der Waals surface area (Å²) in [7, 11) is 0. The number of carboxylic acid groups (broad SMARTS) is 1. The zero-order valence-electron chi connectivity index (χ0n) is 8.65. The van der Waals surface area contributed by atoms with Crippen molar-refractivity contribution in [3.63, 3.8) is 0 Å². The lowest BCUT2D eigenvalue weighted by atomic mass is 9.71. The van der Waals surface area contributed by atoms with Gasteiger partial charge in [-0.2, -0.15) is 4.39 Å². The van der Waals surface area contributed by atoms with Crippen LogP contribution in [0.15, 0.2) is 16.7 Å². The predicted octanol–water partition coefficient (Wildman–Crippen LogP) is 1.60. The minimum Gasteiger partial charge on any atom is -0.465 e. The van der Waals surface area contributed by atoms with E-state index in [9.17, 15) is 14.3 Å². The fourth-order valence-electron chi connectivity index (χ4n) is 2.01. The summed E-state index contributed by atoms with van der Waals surface area (Å²) in [5, 5.41) is 20.8. The molecule has 92 valence electrons. The molecule has 2 rings (SSSR count). The number of nitrogens with one attached hydrogen (secondary N) is 1. The third-order valence-corrected chi connectivity index (χ3v) is 3.25. The molecule has 0 unspecified atom stereocenters. The largest absolute Gasteiger partial charge is 0.465 e. The minimum atomic E-state index is -1.33. The maximum atomic E-state index is 13.5. The summed E-state index contributed by atoms with van der Waals surface area (Å²) >= 11 is 3.02. The fraction of sp³-hybridized carbons (Fsp3) is 0.400. The predicted molar refractivity (Wildman–Crippen MR) is 60.0 cm³/mol. The summed E-state index contributed by atoms with van der Waals surface area (Å²) in [5.74, 6) is -0.740. The molecule has 1 fully saturated rings. The van der Waals surface area contributed by atoms with Crippen molar-refractivity contribution in [1.29, 1.82) is 0 Å². The quantitative estimate of drug-likeness (QED) is 0.725. The number of carbonyl (C=O) groups is 1. The van der Waals surface area contributed by atoms with Gasteiger partial charge in [0.05, 0.1) is 5.60 Å². The van der Waals surface area contributed by atoms with Crippen molar-refractivity contribution in [1.82, 2.24) is 10.3 Å². The molecule has 0 radical (unpaired) electrons. The molecule has 1 saturated carbocycles. The van der Waals surface area contributed by atoms with E-state index in [2.05, 4.69) is 26.2 Å². The molecule has 7 heteroatoms. The van der Waals surface area contributed by atoms with Gasteiger partial charge in [0, 0.05) is 24.4 Å². The minimum absolute atomic E-state index is 0.101. The number of aliphatic hydroxyl groups is 1. The van der Waals surface area contributed by atoms with Crippen LogP contribution in [0.5, 0.6) is 0 Å². The second-order valence-corrected chi connectivity index (χ2v) is 4.87. The molecule has 17 heavy (non-hydrogen) atoms. The number of aromatic nitrogens is 1. The van der Waals surface area contributed by atoms with Crippen molar-refractivity contribution in [2.75, 3.05) is 0 Å². The molecule has 1 aromatic rings. The summed E-state index contributed by atoms with van der Waals surface area (Å²) in [4.78, 5) is 13.9. The Kier molecular flexibility index (Phi) is 3.05. The summed E-state index contributed by atoms with van der Waals surface area (Å²) in [6.45, 7) is 0. The molecule has 1 aliphatic carbocycles. The first-order valence-corrected chi connectivity index (χ1v) is 5.74. The van der Waals surface area contributed by atoms with E-state index in [1.165, 1.54) is 12.1 Å². The molecule has 1 heterocycles. The van der Waals surface area contributed by atoms with Crippen LogP contribution in [-0.4, -0.2) is 27.3 Å². The van der Waals surface area contributed by atoms with Crippen molar-refractivity contribution < 1.29 is 19.4 Å². The van der Waals surface area contributed by atoms with Crippen LogP contribution >= 0.6 is 15.9 Å². The second-order valence-electron chi connectivity index (χ2n) is 4.06. The SMILES string of the molecule is O=C(O)NC1CC(O)(c2ccc(Br)nc2F)C1. The van der Waals surface area contributed by atoms with E-state index < -0.39 is 17.6 Å². The Hall–Kier alpha value is -1.21. The van der Waals surface area contributed by atoms with Gasteiger partial charge in [0.1, 0.15) is 4.60 Å². The monoisotopic (exact) mass is 304 g/mol. The Morgan fingerprint density at radius 1 is 1.59 bits per heavy atom. The van der Waals surface area contributed by atoms with Gasteiger partial charge in [-0.05, 0) is 28.1 Å².